The van der Waals surface area contributed by atoms with Crippen LogP contribution < -0.4 is 9.62 Å². The van der Waals surface area contributed by atoms with Crippen LogP contribution in [0.3, 0.4) is 0 Å². The Morgan fingerprint density at radius 3 is 2.25 bits per heavy atom. The number of benzene rings is 2. The van der Waals surface area contributed by atoms with Crippen LogP contribution in [-0.2, 0) is 14.8 Å². The maximum atomic E-state index is 12.4. The summed E-state index contributed by atoms with van der Waals surface area (Å²) in [5, 5.41) is 2.81. The maximum Gasteiger partial charge on any atom is 0.245 e. The van der Waals surface area contributed by atoms with Gasteiger partial charge in [-0.1, -0.05) is 40.2 Å². The van der Waals surface area contributed by atoms with Crippen LogP contribution in [0.25, 0.3) is 0 Å². The fourth-order valence-electron chi connectivity index (χ4n) is 2.35. The summed E-state index contributed by atoms with van der Waals surface area (Å²) in [6.07, 6.45) is 1.08. The van der Waals surface area contributed by atoms with Crippen molar-refractivity contribution in [3.63, 3.8) is 0 Å². The van der Waals surface area contributed by atoms with E-state index in [9.17, 15) is 13.2 Å². The zero-order valence-electron chi connectivity index (χ0n) is 13.7. The molecular weight excluding hydrogens is 392 g/mol. The first kappa shape index (κ1) is 18.5. The molecule has 0 fully saturated rings. The van der Waals surface area contributed by atoms with Crippen LogP contribution in [0, 0.1) is 13.8 Å². The standard InChI is InChI=1S/C17H19BrN2O3S/c1-12-6-4-7-13(2)17(12)19-16(21)11-20(24(3,22)23)15-9-5-8-14(18)10-15/h4-10H,11H2,1-3H3,(H,19,21). The lowest BCUT2D eigenvalue weighted by Gasteiger charge is -2.22. The Labute approximate surface area is 150 Å². The fourth-order valence-corrected chi connectivity index (χ4v) is 3.59. The summed E-state index contributed by atoms with van der Waals surface area (Å²) in [6.45, 7) is 3.50. The highest BCUT2D eigenvalue weighted by atomic mass is 79.9. The number of hydrogen-bond acceptors (Lipinski definition) is 3. The fraction of sp³-hybridized carbons (Fsp3) is 0.235. The molecule has 1 amide bonds. The number of para-hydroxylation sites is 1. The molecule has 0 saturated heterocycles. The minimum Gasteiger partial charge on any atom is -0.324 e. The number of anilines is 2. The molecule has 0 aliphatic carbocycles. The van der Waals surface area contributed by atoms with Crippen molar-refractivity contribution in [1.82, 2.24) is 0 Å². The second-order valence-electron chi connectivity index (χ2n) is 5.56. The Morgan fingerprint density at radius 2 is 1.71 bits per heavy atom. The van der Waals surface area contributed by atoms with Crippen LogP contribution in [0.1, 0.15) is 11.1 Å². The number of sulfonamides is 1. The van der Waals surface area contributed by atoms with E-state index < -0.39 is 15.9 Å². The van der Waals surface area contributed by atoms with E-state index in [1.807, 2.05) is 32.0 Å². The summed E-state index contributed by atoms with van der Waals surface area (Å²) in [5.41, 5.74) is 3.00. The van der Waals surface area contributed by atoms with E-state index >= 15 is 0 Å². The molecule has 1 N–H and O–H groups in total. The van der Waals surface area contributed by atoms with Crippen LogP contribution in [0.4, 0.5) is 11.4 Å². The van der Waals surface area contributed by atoms with Gasteiger partial charge >= 0.3 is 0 Å². The SMILES string of the molecule is Cc1cccc(C)c1NC(=O)CN(c1cccc(Br)c1)S(C)(=O)=O. The summed E-state index contributed by atoms with van der Waals surface area (Å²) in [5.74, 6) is -0.391. The molecule has 5 nitrogen and oxygen atoms in total. The van der Waals surface area contributed by atoms with Gasteiger partial charge in [0.05, 0.1) is 11.9 Å². The molecule has 2 aromatic rings. The predicted molar refractivity (Wildman–Crippen MR) is 101 cm³/mol. The summed E-state index contributed by atoms with van der Waals surface area (Å²) in [7, 11) is -3.59. The highest BCUT2D eigenvalue weighted by Crippen LogP contribution is 2.23. The van der Waals surface area contributed by atoms with E-state index in [-0.39, 0.29) is 6.54 Å². The Balaban J connectivity index is 2.26. The first-order valence-corrected chi connectivity index (χ1v) is 9.92. The molecule has 128 valence electrons. The molecule has 24 heavy (non-hydrogen) atoms. The van der Waals surface area contributed by atoms with Gasteiger partial charge in [-0.15, -0.1) is 0 Å². The Bertz CT molecular complexity index is 846. The topological polar surface area (TPSA) is 66.5 Å². The molecule has 0 spiro atoms. The van der Waals surface area contributed by atoms with Gasteiger partial charge in [-0.2, -0.15) is 0 Å². The van der Waals surface area contributed by atoms with E-state index in [4.69, 9.17) is 0 Å². The van der Waals surface area contributed by atoms with Gasteiger partial charge in [0.1, 0.15) is 6.54 Å². The summed E-state index contributed by atoms with van der Waals surface area (Å²) in [4.78, 5) is 12.4. The van der Waals surface area contributed by atoms with Gasteiger partial charge in [-0.25, -0.2) is 8.42 Å². The van der Waals surface area contributed by atoms with Crippen molar-refractivity contribution < 1.29 is 13.2 Å². The van der Waals surface area contributed by atoms with E-state index in [2.05, 4.69) is 21.2 Å². The molecule has 0 aromatic heterocycles. The number of hydrogen-bond donors (Lipinski definition) is 1. The highest BCUT2D eigenvalue weighted by molar-refractivity contribution is 9.10. The van der Waals surface area contributed by atoms with Crippen molar-refractivity contribution in [3.05, 3.63) is 58.1 Å². The van der Waals surface area contributed by atoms with Crippen molar-refractivity contribution in [3.8, 4) is 0 Å². The minimum absolute atomic E-state index is 0.289. The lowest BCUT2D eigenvalue weighted by molar-refractivity contribution is -0.114. The van der Waals surface area contributed by atoms with Gasteiger partial charge in [-0.05, 0) is 43.2 Å². The van der Waals surface area contributed by atoms with E-state index in [1.165, 1.54) is 0 Å². The average Bonchev–Trinajstić information content (AvgIpc) is 2.47. The van der Waals surface area contributed by atoms with Crippen molar-refractivity contribution in [2.24, 2.45) is 0 Å². The van der Waals surface area contributed by atoms with E-state index in [0.717, 1.165) is 26.2 Å². The molecule has 0 aliphatic rings. The molecule has 2 aromatic carbocycles. The molecule has 2 rings (SSSR count). The molecule has 0 unspecified atom stereocenters. The van der Waals surface area contributed by atoms with Gasteiger partial charge in [0.2, 0.25) is 15.9 Å². The first-order valence-electron chi connectivity index (χ1n) is 7.28. The molecule has 0 radical (unpaired) electrons. The number of amides is 1. The van der Waals surface area contributed by atoms with Crippen LogP contribution in [0.2, 0.25) is 0 Å². The summed E-state index contributed by atoms with van der Waals surface area (Å²) < 4.78 is 26.0. The van der Waals surface area contributed by atoms with Crippen LogP contribution in [0.15, 0.2) is 46.9 Å². The lowest BCUT2D eigenvalue weighted by atomic mass is 10.1. The normalized spacial score (nSPS) is 11.2. The largest absolute Gasteiger partial charge is 0.324 e. The second-order valence-corrected chi connectivity index (χ2v) is 8.39. The summed E-state index contributed by atoms with van der Waals surface area (Å²) in [6, 6.07) is 12.5. The van der Waals surface area contributed by atoms with E-state index in [0.29, 0.717) is 11.4 Å². The van der Waals surface area contributed by atoms with Gasteiger partial charge in [0.15, 0.2) is 0 Å². The third kappa shape index (κ3) is 4.58. The van der Waals surface area contributed by atoms with Gasteiger partial charge in [-0.3, -0.25) is 9.10 Å². The number of nitrogens with one attached hydrogen (secondary N) is 1. The average molecular weight is 411 g/mol. The Morgan fingerprint density at radius 1 is 1.12 bits per heavy atom. The Kier molecular flexibility index (Phi) is 5.66. The monoisotopic (exact) mass is 410 g/mol. The number of rotatable bonds is 5. The summed E-state index contributed by atoms with van der Waals surface area (Å²) >= 11 is 3.31. The van der Waals surface area contributed by atoms with E-state index in [1.54, 1.807) is 24.3 Å². The van der Waals surface area contributed by atoms with Gasteiger partial charge in [0.25, 0.3) is 0 Å². The Hall–Kier alpha value is -1.86. The number of carbonyl (C=O) groups excluding carboxylic acids is 1. The number of halogens is 1. The molecule has 0 heterocycles. The van der Waals surface area contributed by atoms with Crippen LogP contribution in [-0.4, -0.2) is 27.1 Å². The van der Waals surface area contributed by atoms with Crippen LogP contribution >= 0.6 is 15.9 Å². The quantitative estimate of drug-likeness (QED) is 0.820. The van der Waals surface area contributed by atoms with Crippen molar-refractivity contribution in [1.29, 1.82) is 0 Å². The molecule has 0 aliphatic heterocycles. The smallest absolute Gasteiger partial charge is 0.245 e. The van der Waals surface area contributed by atoms with Crippen molar-refractivity contribution in [2.75, 3.05) is 22.4 Å². The number of nitrogens with zero attached hydrogens (tertiary/aromatic N) is 1. The number of aryl methyl sites for hydroxylation is 2. The highest BCUT2D eigenvalue weighted by Gasteiger charge is 2.21. The minimum atomic E-state index is -3.59. The van der Waals surface area contributed by atoms with Gasteiger partial charge < -0.3 is 5.32 Å². The third-order valence-corrected chi connectivity index (χ3v) is 5.16. The van der Waals surface area contributed by atoms with Crippen molar-refractivity contribution >= 4 is 43.2 Å². The first-order chi connectivity index (χ1) is 11.2. The number of carbonyl (C=O) groups is 1. The predicted octanol–water partition coefficient (Wildman–Crippen LogP) is 3.47. The molecule has 0 atom stereocenters. The molecule has 7 heteroatoms. The molecule has 0 saturated carbocycles. The third-order valence-electron chi connectivity index (χ3n) is 3.53. The zero-order valence-corrected chi connectivity index (χ0v) is 16.1. The zero-order chi connectivity index (χ0) is 17.9. The lowest BCUT2D eigenvalue weighted by Crippen LogP contribution is -2.37. The second kappa shape index (κ2) is 7.36. The molecule has 0 bridgehead atoms. The van der Waals surface area contributed by atoms with Crippen LogP contribution in [0.5, 0.6) is 0 Å². The van der Waals surface area contributed by atoms with Crippen molar-refractivity contribution in [2.45, 2.75) is 13.8 Å². The van der Waals surface area contributed by atoms with Gasteiger partial charge in [0, 0.05) is 10.2 Å². The maximum absolute atomic E-state index is 12.4. The molecular formula is C17H19BrN2O3S.